The lowest BCUT2D eigenvalue weighted by Crippen LogP contribution is -1.75. The summed E-state index contributed by atoms with van der Waals surface area (Å²) in [4.78, 5) is 3.15. The summed E-state index contributed by atoms with van der Waals surface area (Å²) in [6.07, 6.45) is 1.26. The number of rotatable bonds is 0. The summed E-state index contributed by atoms with van der Waals surface area (Å²) in [6, 6.07) is 2.45. The summed E-state index contributed by atoms with van der Waals surface area (Å²) in [5, 5.41) is 10.1. The number of aromatic nitrogens is 1. The van der Waals surface area contributed by atoms with Gasteiger partial charge in [0.1, 0.15) is 0 Å². The molecule has 0 fully saturated rings. The lowest BCUT2D eigenvalue weighted by molar-refractivity contribution is 0.312. The van der Waals surface area contributed by atoms with Crippen LogP contribution in [-0.4, -0.2) is 4.98 Å². The minimum absolute atomic E-state index is 0.799. The van der Waals surface area contributed by atoms with Crippen LogP contribution in [0, 0.1) is 5.82 Å². The molecule has 0 aromatic carbocycles. The third-order valence-electron chi connectivity index (χ3n) is 0.725. The molecule has 0 saturated carbocycles. The third kappa shape index (κ3) is 0.753. The molecule has 8 heavy (non-hydrogen) atoms. The Bertz CT molecular complexity index is 169. The Morgan fingerprint density at radius 2 is 2.38 bits per heavy atom. The maximum Gasteiger partial charge on any atom is 0.305 e. The van der Waals surface area contributed by atoms with Gasteiger partial charge in [0.15, 0.2) is 5.82 Å². The molecule has 0 unspecified atom stereocenters. The van der Waals surface area contributed by atoms with Crippen LogP contribution in [0.5, 0.6) is 5.88 Å². The highest BCUT2D eigenvalue weighted by Gasteiger charge is 1.97. The first-order chi connectivity index (χ1) is 3.80. The second-order valence-corrected chi connectivity index (χ2v) is 1.29. The average Bonchev–Trinajstić information content (AvgIpc) is 1.77. The van der Waals surface area contributed by atoms with E-state index >= 15 is 0 Å². The number of halogens is 1. The molecule has 1 radical (unpaired) electrons. The first kappa shape index (κ1) is 5.03. The zero-order valence-electron chi connectivity index (χ0n) is 3.97. The van der Waals surface area contributed by atoms with Crippen LogP contribution in [0.25, 0.3) is 0 Å². The largest absolute Gasteiger partial charge is 0.305 e. The van der Waals surface area contributed by atoms with Gasteiger partial charge in [-0.15, -0.1) is 0 Å². The maximum absolute atomic E-state index is 11.9. The summed E-state index contributed by atoms with van der Waals surface area (Å²) in [5.74, 6) is -1.60. The lowest BCUT2D eigenvalue weighted by Gasteiger charge is -1.83. The molecule has 0 aliphatic carbocycles. The van der Waals surface area contributed by atoms with E-state index in [4.69, 9.17) is 0 Å². The van der Waals surface area contributed by atoms with Crippen molar-refractivity contribution >= 4 is 0 Å². The van der Waals surface area contributed by atoms with Gasteiger partial charge in [0.05, 0.1) is 0 Å². The van der Waals surface area contributed by atoms with Gasteiger partial charge in [-0.2, -0.15) is 0 Å². The number of nitrogens with zero attached hydrogens (tertiary/aromatic N) is 1. The predicted octanol–water partition coefficient (Wildman–Crippen LogP) is 1.36. The summed E-state index contributed by atoms with van der Waals surface area (Å²) in [5.41, 5.74) is 0. The van der Waals surface area contributed by atoms with Gasteiger partial charge in [-0.1, -0.05) is 0 Å². The molecular formula is C5H3FNO. The van der Waals surface area contributed by atoms with E-state index in [9.17, 15) is 9.50 Å². The van der Waals surface area contributed by atoms with Crippen molar-refractivity contribution in [3.05, 3.63) is 24.1 Å². The highest BCUT2D eigenvalue weighted by molar-refractivity contribution is 5.09. The molecule has 2 nitrogen and oxygen atoms in total. The van der Waals surface area contributed by atoms with Gasteiger partial charge in [0, 0.05) is 6.20 Å². The second kappa shape index (κ2) is 1.78. The van der Waals surface area contributed by atoms with Gasteiger partial charge in [-0.25, -0.2) is 9.37 Å². The molecule has 0 N–H and O–H groups in total. The maximum atomic E-state index is 11.9. The molecule has 41 valence electrons. The van der Waals surface area contributed by atoms with Crippen LogP contribution in [0.3, 0.4) is 0 Å². The Morgan fingerprint density at radius 1 is 1.62 bits per heavy atom. The molecule has 0 saturated heterocycles. The fraction of sp³-hybridized carbons (Fsp3) is 0. The molecule has 0 aliphatic heterocycles. The van der Waals surface area contributed by atoms with Crippen LogP contribution in [0.2, 0.25) is 0 Å². The molecule has 1 aromatic rings. The van der Waals surface area contributed by atoms with E-state index in [-0.39, 0.29) is 0 Å². The van der Waals surface area contributed by atoms with Gasteiger partial charge < -0.3 is 0 Å². The molecule has 1 rings (SSSR count). The first-order valence-corrected chi connectivity index (χ1v) is 2.08. The first-order valence-electron chi connectivity index (χ1n) is 2.08. The van der Waals surface area contributed by atoms with Crippen LogP contribution in [0.1, 0.15) is 0 Å². The minimum Gasteiger partial charge on any atom is -0.264 e. The Balaban J connectivity index is 3.13. The highest BCUT2D eigenvalue weighted by atomic mass is 19.1. The molecule has 0 atom stereocenters. The van der Waals surface area contributed by atoms with Crippen molar-refractivity contribution in [2.45, 2.75) is 0 Å². The van der Waals surface area contributed by atoms with Crippen molar-refractivity contribution in [1.82, 2.24) is 4.98 Å². The van der Waals surface area contributed by atoms with Crippen LogP contribution < -0.4 is 0 Å². The van der Waals surface area contributed by atoms with Gasteiger partial charge in [-0.3, -0.25) is 5.11 Å². The van der Waals surface area contributed by atoms with E-state index < -0.39 is 11.7 Å². The number of hydrogen-bond donors (Lipinski definition) is 0. The van der Waals surface area contributed by atoms with Crippen molar-refractivity contribution in [3.8, 4) is 5.88 Å². The zero-order chi connectivity index (χ0) is 5.98. The normalized spacial score (nSPS) is 9.12. The summed E-state index contributed by atoms with van der Waals surface area (Å²) >= 11 is 0. The van der Waals surface area contributed by atoms with Crippen LogP contribution >= 0.6 is 0 Å². The number of hydrogen-bond acceptors (Lipinski definition) is 1. The standard InChI is InChI=1S/C5H3FNO/c6-4-2-1-3-7-5(4)8/h1-3H. The van der Waals surface area contributed by atoms with Crippen LogP contribution in [-0.2, 0) is 5.11 Å². The van der Waals surface area contributed by atoms with Crippen LogP contribution in [0.15, 0.2) is 18.3 Å². The van der Waals surface area contributed by atoms with E-state index in [1.54, 1.807) is 0 Å². The van der Waals surface area contributed by atoms with Crippen LogP contribution in [0.4, 0.5) is 4.39 Å². The predicted molar refractivity (Wildman–Crippen MR) is 24.3 cm³/mol. The van der Waals surface area contributed by atoms with Gasteiger partial charge in [0.2, 0.25) is 0 Å². The minimum atomic E-state index is -0.799. The van der Waals surface area contributed by atoms with E-state index in [0.29, 0.717) is 0 Å². The van der Waals surface area contributed by atoms with Gasteiger partial charge in [0.25, 0.3) is 0 Å². The van der Waals surface area contributed by atoms with Crippen molar-refractivity contribution in [1.29, 1.82) is 0 Å². The Labute approximate surface area is 45.6 Å². The molecule has 0 spiro atoms. The Hall–Kier alpha value is -1.12. The molecule has 1 heterocycles. The summed E-state index contributed by atoms with van der Waals surface area (Å²) in [7, 11) is 0. The fourth-order valence-corrected chi connectivity index (χ4v) is 0.371. The molecule has 0 amide bonds. The molecule has 3 heteroatoms. The zero-order valence-corrected chi connectivity index (χ0v) is 3.97. The topological polar surface area (TPSA) is 32.8 Å². The second-order valence-electron chi connectivity index (χ2n) is 1.29. The molecule has 0 bridgehead atoms. The Kier molecular flexibility index (Phi) is 1.12. The van der Waals surface area contributed by atoms with Crippen molar-refractivity contribution < 1.29 is 9.50 Å². The van der Waals surface area contributed by atoms with Gasteiger partial charge in [-0.05, 0) is 12.1 Å². The van der Waals surface area contributed by atoms with Gasteiger partial charge >= 0.3 is 5.88 Å². The SMILES string of the molecule is [O]c1ncccc1F. The molecular weight excluding hydrogens is 109 g/mol. The third-order valence-corrected chi connectivity index (χ3v) is 0.725. The fourth-order valence-electron chi connectivity index (χ4n) is 0.371. The highest BCUT2D eigenvalue weighted by Crippen LogP contribution is 2.07. The van der Waals surface area contributed by atoms with Crippen molar-refractivity contribution in [3.63, 3.8) is 0 Å². The van der Waals surface area contributed by atoms with E-state index in [1.165, 1.54) is 12.3 Å². The quantitative estimate of drug-likeness (QED) is 0.498. The number of pyridine rings is 1. The van der Waals surface area contributed by atoms with E-state index in [0.717, 1.165) is 6.07 Å². The monoisotopic (exact) mass is 112 g/mol. The average molecular weight is 112 g/mol. The van der Waals surface area contributed by atoms with Crippen molar-refractivity contribution in [2.75, 3.05) is 0 Å². The molecule has 1 aromatic heterocycles. The van der Waals surface area contributed by atoms with E-state index in [2.05, 4.69) is 4.98 Å². The van der Waals surface area contributed by atoms with E-state index in [1.807, 2.05) is 0 Å². The molecule has 0 aliphatic rings. The Morgan fingerprint density at radius 3 is 2.75 bits per heavy atom. The van der Waals surface area contributed by atoms with Crippen molar-refractivity contribution in [2.24, 2.45) is 0 Å². The smallest absolute Gasteiger partial charge is 0.264 e. The summed E-state index contributed by atoms with van der Waals surface area (Å²) < 4.78 is 11.9. The summed E-state index contributed by atoms with van der Waals surface area (Å²) in [6.45, 7) is 0. The lowest BCUT2D eigenvalue weighted by atomic mass is 10.5.